The van der Waals surface area contributed by atoms with E-state index in [4.69, 9.17) is 11.6 Å². The van der Waals surface area contributed by atoms with Crippen molar-refractivity contribution in [1.29, 1.82) is 0 Å². The number of anilines is 1. The van der Waals surface area contributed by atoms with Gasteiger partial charge in [0.2, 0.25) is 0 Å². The molecule has 1 aliphatic heterocycles. The van der Waals surface area contributed by atoms with Crippen LogP contribution in [-0.2, 0) is 4.79 Å². The van der Waals surface area contributed by atoms with Crippen molar-refractivity contribution in [3.63, 3.8) is 0 Å². The Hall–Kier alpha value is -2.28. The minimum absolute atomic E-state index is 0.0380. The summed E-state index contributed by atoms with van der Waals surface area (Å²) in [6.45, 7) is 4.60. The molecule has 136 valence electrons. The van der Waals surface area contributed by atoms with Crippen LogP contribution in [0.5, 0.6) is 0 Å². The second kappa shape index (κ2) is 7.74. The predicted octanol–water partition coefficient (Wildman–Crippen LogP) is 2.49. The van der Waals surface area contributed by atoms with Crippen molar-refractivity contribution in [1.82, 2.24) is 10.6 Å². The Balaban J connectivity index is 2.17. The number of halogens is 1. The number of hydrogen-bond acceptors (Lipinski definition) is 3. The molecule has 1 heterocycles. The summed E-state index contributed by atoms with van der Waals surface area (Å²) < 4.78 is 0. The Morgan fingerprint density at radius 1 is 1.36 bits per heavy atom. The minimum atomic E-state index is -0.986. The first kappa shape index (κ1) is 19.1. The predicted molar refractivity (Wildman–Crippen MR) is 95.2 cm³/mol. The number of urea groups is 1. The molecule has 0 saturated carbocycles. The summed E-state index contributed by atoms with van der Waals surface area (Å²) >= 11 is 6.15. The number of amides is 3. The largest absolute Gasteiger partial charge is 0.481 e. The van der Waals surface area contributed by atoms with Crippen molar-refractivity contribution in [2.24, 2.45) is 5.41 Å². The molecule has 1 aromatic rings. The Morgan fingerprint density at radius 3 is 2.56 bits per heavy atom. The Labute approximate surface area is 151 Å². The molecule has 1 aliphatic rings. The molecule has 0 radical (unpaired) electrons. The molecule has 0 spiro atoms. The van der Waals surface area contributed by atoms with Gasteiger partial charge < -0.3 is 15.7 Å². The van der Waals surface area contributed by atoms with Gasteiger partial charge in [-0.2, -0.15) is 0 Å². The number of carboxylic acid groups (broad SMARTS) is 1. The maximum absolute atomic E-state index is 12.4. The number of hydrogen-bond donors (Lipinski definition) is 3. The molecule has 1 saturated heterocycles. The standard InChI is InChI=1S/C17H22ClN3O4/c1-3-17(4-2,15(23)24)10-20-14(22)11-5-6-12(18)13(9-11)21-8-7-19-16(21)25/h5-6,9H,3-4,7-8,10H2,1-2H3,(H,19,25)(H,20,22)(H,23,24). The van der Waals surface area contributed by atoms with E-state index in [1.165, 1.54) is 4.90 Å². The number of nitrogens with zero attached hydrogens (tertiary/aromatic N) is 1. The zero-order valence-corrected chi connectivity index (χ0v) is 15.0. The number of carboxylic acids is 1. The highest BCUT2D eigenvalue weighted by Gasteiger charge is 2.35. The number of aliphatic carboxylic acids is 1. The van der Waals surface area contributed by atoms with Gasteiger partial charge in [0.15, 0.2) is 0 Å². The highest BCUT2D eigenvalue weighted by molar-refractivity contribution is 6.34. The Bertz CT molecular complexity index is 688. The monoisotopic (exact) mass is 367 g/mol. The van der Waals surface area contributed by atoms with Gasteiger partial charge in [-0.1, -0.05) is 25.4 Å². The first-order chi connectivity index (χ1) is 11.8. The molecular formula is C17H22ClN3O4. The van der Waals surface area contributed by atoms with Crippen LogP contribution in [0.25, 0.3) is 0 Å². The molecule has 0 atom stereocenters. The van der Waals surface area contributed by atoms with Gasteiger partial charge in [-0.25, -0.2) is 4.79 Å². The lowest BCUT2D eigenvalue weighted by molar-refractivity contribution is -0.149. The number of carbonyl (C=O) groups excluding carboxylic acids is 2. The van der Waals surface area contributed by atoms with Gasteiger partial charge in [0.05, 0.1) is 16.1 Å². The van der Waals surface area contributed by atoms with Crippen molar-refractivity contribution in [3.05, 3.63) is 28.8 Å². The summed E-state index contributed by atoms with van der Waals surface area (Å²) in [5.74, 6) is -1.33. The van der Waals surface area contributed by atoms with Gasteiger partial charge >= 0.3 is 12.0 Å². The van der Waals surface area contributed by atoms with E-state index in [2.05, 4.69) is 10.6 Å². The van der Waals surface area contributed by atoms with Crippen LogP contribution in [0.15, 0.2) is 18.2 Å². The van der Waals surface area contributed by atoms with Crippen molar-refractivity contribution >= 4 is 35.2 Å². The summed E-state index contributed by atoms with van der Waals surface area (Å²) in [5, 5.41) is 15.2. The lowest BCUT2D eigenvalue weighted by Gasteiger charge is -2.27. The molecule has 0 bridgehead atoms. The number of benzene rings is 1. The maximum Gasteiger partial charge on any atom is 0.322 e. The zero-order chi connectivity index (χ0) is 18.6. The summed E-state index contributed by atoms with van der Waals surface area (Å²) in [4.78, 5) is 37.2. The van der Waals surface area contributed by atoms with Crippen LogP contribution in [0.4, 0.5) is 10.5 Å². The highest BCUT2D eigenvalue weighted by atomic mass is 35.5. The molecule has 3 N–H and O–H groups in total. The van der Waals surface area contributed by atoms with Gasteiger partial charge in [-0.3, -0.25) is 14.5 Å². The fourth-order valence-electron chi connectivity index (χ4n) is 2.79. The topological polar surface area (TPSA) is 98.7 Å². The number of carbonyl (C=O) groups is 3. The molecular weight excluding hydrogens is 346 g/mol. The van der Waals surface area contributed by atoms with Crippen LogP contribution in [-0.4, -0.2) is 42.6 Å². The summed E-state index contributed by atoms with van der Waals surface area (Å²) in [5.41, 5.74) is -0.204. The van der Waals surface area contributed by atoms with Gasteiger partial charge in [0.25, 0.3) is 5.91 Å². The van der Waals surface area contributed by atoms with Gasteiger partial charge in [0.1, 0.15) is 0 Å². The molecule has 2 rings (SSSR count). The van der Waals surface area contributed by atoms with Crippen LogP contribution in [0.3, 0.4) is 0 Å². The maximum atomic E-state index is 12.4. The van der Waals surface area contributed by atoms with Crippen molar-refractivity contribution in [3.8, 4) is 0 Å². The molecule has 0 aliphatic carbocycles. The fourth-order valence-corrected chi connectivity index (χ4v) is 3.01. The third-order valence-electron chi connectivity index (χ3n) is 4.75. The summed E-state index contributed by atoms with van der Waals surface area (Å²) in [6.07, 6.45) is 0.831. The average molecular weight is 368 g/mol. The van der Waals surface area contributed by atoms with E-state index in [0.29, 0.717) is 42.2 Å². The summed E-state index contributed by atoms with van der Waals surface area (Å²) in [6, 6.07) is 4.39. The van der Waals surface area contributed by atoms with Crippen LogP contribution in [0.1, 0.15) is 37.0 Å². The molecule has 3 amide bonds. The number of rotatable bonds is 7. The van der Waals surface area contributed by atoms with E-state index < -0.39 is 17.3 Å². The van der Waals surface area contributed by atoms with E-state index in [1.54, 1.807) is 32.0 Å². The molecule has 1 fully saturated rings. The molecule has 0 unspecified atom stereocenters. The van der Waals surface area contributed by atoms with E-state index in [-0.39, 0.29) is 12.6 Å². The third kappa shape index (κ3) is 3.87. The number of nitrogens with one attached hydrogen (secondary N) is 2. The quantitative estimate of drug-likeness (QED) is 0.689. The van der Waals surface area contributed by atoms with Crippen molar-refractivity contribution < 1.29 is 19.5 Å². The molecule has 8 heteroatoms. The molecule has 0 aromatic heterocycles. The lowest BCUT2D eigenvalue weighted by atomic mass is 9.82. The minimum Gasteiger partial charge on any atom is -0.481 e. The summed E-state index contributed by atoms with van der Waals surface area (Å²) in [7, 11) is 0. The van der Waals surface area contributed by atoms with Crippen LogP contribution >= 0.6 is 11.6 Å². The third-order valence-corrected chi connectivity index (χ3v) is 5.07. The molecule has 25 heavy (non-hydrogen) atoms. The zero-order valence-electron chi connectivity index (χ0n) is 14.3. The van der Waals surface area contributed by atoms with E-state index in [9.17, 15) is 19.5 Å². The SMILES string of the molecule is CCC(CC)(CNC(=O)c1ccc(Cl)c(N2CCNC2=O)c1)C(=O)O. The first-order valence-corrected chi connectivity index (χ1v) is 8.59. The average Bonchev–Trinajstić information content (AvgIpc) is 3.02. The van der Waals surface area contributed by atoms with E-state index in [0.717, 1.165) is 0 Å². The van der Waals surface area contributed by atoms with Crippen LogP contribution in [0, 0.1) is 5.41 Å². The molecule has 7 nitrogen and oxygen atoms in total. The van der Waals surface area contributed by atoms with Crippen LogP contribution < -0.4 is 15.5 Å². The second-order valence-electron chi connectivity index (χ2n) is 6.03. The second-order valence-corrected chi connectivity index (χ2v) is 6.43. The van der Waals surface area contributed by atoms with Crippen LogP contribution in [0.2, 0.25) is 5.02 Å². The Morgan fingerprint density at radius 2 is 2.04 bits per heavy atom. The normalized spacial score (nSPS) is 14.4. The van der Waals surface area contributed by atoms with Crippen molar-refractivity contribution in [2.45, 2.75) is 26.7 Å². The fraction of sp³-hybridized carbons (Fsp3) is 0.471. The van der Waals surface area contributed by atoms with Gasteiger partial charge in [0, 0.05) is 25.2 Å². The van der Waals surface area contributed by atoms with Gasteiger partial charge in [-0.05, 0) is 31.0 Å². The van der Waals surface area contributed by atoms with E-state index >= 15 is 0 Å². The Kier molecular flexibility index (Phi) is 5.89. The highest BCUT2D eigenvalue weighted by Crippen LogP contribution is 2.29. The molecule has 1 aromatic carbocycles. The smallest absolute Gasteiger partial charge is 0.322 e. The van der Waals surface area contributed by atoms with E-state index in [1.807, 2.05) is 0 Å². The van der Waals surface area contributed by atoms with Gasteiger partial charge in [-0.15, -0.1) is 0 Å². The van der Waals surface area contributed by atoms with Crippen molar-refractivity contribution in [2.75, 3.05) is 24.5 Å². The first-order valence-electron chi connectivity index (χ1n) is 8.21. The lowest BCUT2D eigenvalue weighted by Crippen LogP contribution is -2.42.